The molecule has 4 heterocycles. The molecule has 6 atom stereocenters. The lowest BCUT2D eigenvalue weighted by Crippen LogP contribution is -2.70. The Labute approximate surface area is 213 Å². The van der Waals surface area contributed by atoms with Gasteiger partial charge in [-0.1, -0.05) is 18.9 Å². The van der Waals surface area contributed by atoms with E-state index < -0.39 is 0 Å². The van der Waals surface area contributed by atoms with Gasteiger partial charge in [0, 0.05) is 50.2 Å². The van der Waals surface area contributed by atoms with E-state index in [1.807, 2.05) is 18.5 Å². The van der Waals surface area contributed by atoms with Gasteiger partial charge >= 0.3 is 0 Å². The monoisotopic (exact) mass is 493 g/mol. The lowest BCUT2D eigenvalue weighted by Gasteiger charge is -2.58. The van der Waals surface area contributed by atoms with Crippen LogP contribution in [-0.4, -0.2) is 83.0 Å². The molecule has 4 fully saturated rings. The fraction of sp³-hybridized carbons (Fsp3) is 0.679. The largest absolute Gasteiger partial charge is 0.369 e. The molecule has 2 saturated heterocycles. The zero-order valence-corrected chi connectivity index (χ0v) is 21.1. The third-order valence-corrected chi connectivity index (χ3v) is 8.99. The maximum Gasteiger partial charge on any atom is 0.256 e. The zero-order valence-electron chi connectivity index (χ0n) is 21.1. The summed E-state index contributed by atoms with van der Waals surface area (Å²) >= 11 is 0. The molecule has 0 aromatic carbocycles. The minimum Gasteiger partial charge on any atom is -0.369 e. The Kier molecular flexibility index (Phi) is 7.09. The van der Waals surface area contributed by atoms with Crippen molar-refractivity contribution in [2.24, 2.45) is 5.92 Å². The number of likely N-dealkylation sites (tertiary alicyclic amines) is 1. The molecule has 2 N–H and O–H groups in total. The Bertz CT molecular complexity index is 979. The number of ether oxygens (including phenoxy) is 1. The van der Waals surface area contributed by atoms with Crippen LogP contribution < -0.4 is 10.6 Å². The third kappa shape index (κ3) is 4.71. The van der Waals surface area contributed by atoms with Gasteiger partial charge in [0.2, 0.25) is 0 Å². The van der Waals surface area contributed by atoms with Crippen molar-refractivity contribution in [2.75, 3.05) is 26.2 Å². The molecule has 6 rings (SSSR count). The summed E-state index contributed by atoms with van der Waals surface area (Å²) in [5.74, 6) is -0.382. The Hall–Kier alpha value is -2.29. The van der Waals surface area contributed by atoms with E-state index in [9.17, 15) is 9.59 Å². The minimum absolute atomic E-state index is 0.00171. The van der Waals surface area contributed by atoms with Gasteiger partial charge in [-0.15, -0.1) is 0 Å². The summed E-state index contributed by atoms with van der Waals surface area (Å²) in [6.45, 7) is 4.40. The molecular weight excluding hydrogens is 454 g/mol. The minimum atomic E-state index is -0.204. The van der Waals surface area contributed by atoms with Crippen molar-refractivity contribution in [3.63, 3.8) is 0 Å². The molecule has 0 radical (unpaired) electrons. The van der Waals surface area contributed by atoms with Gasteiger partial charge in [-0.3, -0.25) is 14.6 Å². The summed E-state index contributed by atoms with van der Waals surface area (Å²) in [7, 11) is 0. The number of morpholine rings is 1. The highest BCUT2D eigenvalue weighted by Crippen LogP contribution is 2.44. The first kappa shape index (κ1) is 24.1. The zero-order chi connectivity index (χ0) is 24.5. The van der Waals surface area contributed by atoms with E-state index in [2.05, 4.69) is 31.5 Å². The number of fused-ring (bicyclic) bond motifs is 2. The third-order valence-electron chi connectivity index (χ3n) is 8.99. The summed E-state index contributed by atoms with van der Waals surface area (Å²) in [6.07, 6.45) is 14.3. The number of carbonyl (C=O) groups is 2. The van der Waals surface area contributed by atoms with Crippen LogP contribution in [0.2, 0.25) is 0 Å². The van der Waals surface area contributed by atoms with E-state index in [1.165, 1.54) is 25.7 Å². The predicted molar refractivity (Wildman–Crippen MR) is 136 cm³/mol. The fourth-order valence-corrected chi connectivity index (χ4v) is 7.16. The number of nitrogens with zero attached hydrogens (tertiary/aromatic N) is 3. The van der Waals surface area contributed by atoms with Crippen molar-refractivity contribution in [3.8, 4) is 0 Å². The van der Waals surface area contributed by atoms with Gasteiger partial charge in [-0.2, -0.15) is 0 Å². The van der Waals surface area contributed by atoms with Crippen molar-refractivity contribution >= 4 is 11.7 Å². The summed E-state index contributed by atoms with van der Waals surface area (Å²) in [5, 5.41) is 6.77. The highest BCUT2D eigenvalue weighted by Gasteiger charge is 2.55. The van der Waals surface area contributed by atoms with Gasteiger partial charge in [0.05, 0.1) is 29.9 Å². The second-order valence-corrected chi connectivity index (χ2v) is 11.2. The normalized spacial score (nSPS) is 34.1. The Morgan fingerprint density at radius 3 is 2.81 bits per heavy atom. The van der Waals surface area contributed by atoms with Crippen LogP contribution in [0.3, 0.4) is 0 Å². The van der Waals surface area contributed by atoms with E-state index >= 15 is 0 Å². The second-order valence-electron chi connectivity index (χ2n) is 11.2. The molecule has 36 heavy (non-hydrogen) atoms. The van der Waals surface area contributed by atoms with E-state index in [-0.39, 0.29) is 47.9 Å². The van der Waals surface area contributed by atoms with Crippen molar-refractivity contribution < 1.29 is 14.3 Å². The average molecular weight is 494 g/mol. The molecule has 0 spiro atoms. The number of hydrogen-bond acceptors (Lipinski definition) is 7. The molecule has 1 aromatic heterocycles. The fourth-order valence-electron chi connectivity index (χ4n) is 7.16. The number of aromatic nitrogens is 1. The number of hydrogen-bond donors (Lipinski definition) is 2. The first-order valence-electron chi connectivity index (χ1n) is 14.0. The van der Waals surface area contributed by atoms with Gasteiger partial charge in [-0.05, 0) is 63.2 Å². The summed E-state index contributed by atoms with van der Waals surface area (Å²) in [4.78, 5) is 35.9. The van der Waals surface area contributed by atoms with Gasteiger partial charge < -0.3 is 25.2 Å². The number of Topliss-reactive ketones (excluding diaryl/α,β-unsaturated/α-hetero) is 1. The maximum atomic E-state index is 13.6. The average Bonchev–Trinajstić information content (AvgIpc) is 3.43. The van der Waals surface area contributed by atoms with Gasteiger partial charge in [0.25, 0.3) is 5.91 Å². The SMILES string of the molecule is O=C(NCCN1CCCC1)C1=CN2C3CCCCC3OC3C(NCc4cccnc4)CCC(C1=O)C32. The molecule has 0 bridgehead atoms. The Balaban J connectivity index is 1.20. The quantitative estimate of drug-likeness (QED) is 0.562. The predicted octanol–water partition coefficient (Wildman–Crippen LogP) is 2.01. The van der Waals surface area contributed by atoms with Gasteiger partial charge in [0.1, 0.15) is 0 Å². The molecular formula is C28H39N5O3. The standard InChI is InChI=1S/C28H39N5O3/c34-26-20-9-10-22(31-17-19-6-5-11-29-16-19)27-25(20)33(23-7-1-2-8-24(23)36-27)18-21(26)28(35)30-12-15-32-13-3-4-14-32/h5-6,11,16,18,20,22-25,27,31H,1-4,7-10,12-15,17H2,(H,30,35). The van der Waals surface area contributed by atoms with E-state index in [1.54, 1.807) is 6.20 Å². The van der Waals surface area contributed by atoms with Crippen LogP contribution in [0.1, 0.15) is 56.9 Å². The van der Waals surface area contributed by atoms with E-state index in [4.69, 9.17) is 4.74 Å². The first-order chi connectivity index (χ1) is 17.7. The van der Waals surface area contributed by atoms with Crippen LogP contribution in [-0.2, 0) is 20.9 Å². The molecule has 194 valence electrons. The molecule has 8 nitrogen and oxygen atoms in total. The summed E-state index contributed by atoms with van der Waals surface area (Å²) in [6, 6.07) is 4.46. The Morgan fingerprint density at radius 1 is 1.11 bits per heavy atom. The van der Waals surface area contributed by atoms with Crippen molar-refractivity contribution in [2.45, 2.75) is 88.2 Å². The van der Waals surface area contributed by atoms with Crippen LogP contribution in [0.25, 0.3) is 0 Å². The summed E-state index contributed by atoms with van der Waals surface area (Å²) in [5.41, 5.74) is 1.50. The van der Waals surface area contributed by atoms with Crippen LogP contribution in [0.5, 0.6) is 0 Å². The molecule has 2 saturated carbocycles. The number of pyridine rings is 1. The molecule has 8 heteroatoms. The number of ketones is 1. The molecule has 1 aromatic rings. The number of carbonyl (C=O) groups excluding carboxylic acids is 2. The molecule has 1 amide bonds. The molecule has 5 aliphatic rings. The lowest BCUT2D eigenvalue weighted by molar-refractivity contribution is -0.188. The smallest absolute Gasteiger partial charge is 0.256 e. The van der Waals surface area contributed by atoms with Crippen molar-refractivity contribution in [1.82, 2.24) is 25.4 Å². The number of nitrogens with one attached hydrogen (secondary N) is 2. The number of rotatable bonds is 7. The van der Waals surface area contributed by atoms with Crippen LogP contribution in [0.15, 0.2) is 36.3 Å². The first-order valence-corrected chi connectivity index (χ1v) is 14.0. The highest BCUT2D eigenvalue weighted by molar-refractivity contribution is 6.20. The van der Waals surface area contributed by atoms with Crippen LogP contribution in [0, 0.1) is 5.92 Å². The lowest BCUT2D eigenvalue weighted by atomic mass is 9.70. The van der Waals surface area contributed by atoms with E-state index in [0.717, 1.165) is 57.4 Å². The molecule has 3 aliphatic heterocycles. The number of amides is 1. The second kappa shape index (κ2) is 10.6. The summed E-state index contributed by atoms with van der Waals surface area (Å²) < 4.78 is 6.79. The van der Waals surface area contributed by atoms with Crippen LogP contribution >= 0.6 is 0 Å². The highest BCUT2D eigenvalue weighted by atomic mass is 16.5. The van der Waals surface area contributed by atoms with Crippen LogP contribution in [0.4, 0.5) is 0 Å². The maximum absolute atomic E-state index is 13.6. The van der Waals surface area contributed by atoms with E-state index in [0.29, 0.717) is 12.1 Å². The topological polar surface area (TPSA) is 86.8 Å². The Morgan fingerprint density at radius 2 is 1.97 bits per heavy atom. The molecule has 6 unspecified atom stereocenters. The van der Waals surface area contributed by atoms with Gasteiger partial charge in [-0.25, -0.2) is 0 Å². The molecule has 2 aliphatic carbocycles. The van der Waals surface area contributed by atoms with Gasteiger partial charge in [0.15, 0.2) is 5.78 Å². The van der Waals surface area contributed by atoms with Crippen molar-refractivity contribution in [1.29, 1.82) is 0 Å². The van der Waals surface area contributed by atoms with Crippen molar-refractivity contribution in [3.05, 3.63) is 41.9 Å².